The summed E-state index contributed by atoms with van der Waals surface area (Å²) in [6.07, 6.45) is 4.40. The number of piperidine rings is 1. The zero-order valence-corrected chi connectivity index (χ0v) is 14.7. The molecule has 4 nitrogen and oxygen atoms in total. The number of aliphatic hydroxyl groups is 1. The number of hydrogen-bond donors (Lipinski definition) is 1. The van der Waals surface area contributed by atoms with E-state index in [1.54, 1.807) is 29.4 Å². The molecule has 1 fully saturated rings. The zero-order valence-electron chi connectivity index (χ0n) is 12.4. The Morgan fingerprint density at radius 3 is 2.65 bits per heavy atom. The number of carbonyl (C=O) groups is 1. The van der Waals surface area contributed by atoms with Crippen molar-refractivity contribution in [2.45, 2.75) is 18.9 Å². The molecule has 3 rings (SSSR count). The molecular formula is C17H16BrClN2O2. The van der Waals surface area contributed by atoms with Gasteiger partial charge < -0.3 is 10.0 Å². The smallest absolute Gasteiger partial charge is 0.253 e. The van der Waals surface area contributed by atoms with Gasteiger partial charge in [-0.2, -0.15) is 0 Å². The highest BCUT2D eigenvalue weighted by Gasteiger charge is 2.22. The Hall–Kier alpha value is -1.43. The minimum atomic E-state index is -0.297. The van der Waals surface area contributed by atoms with E-state index in [9.17, 15) is 9.90 Å². The summed E-state index contributed by atoms with van der Waals surface area (Å²) in [6.45, 7) is 1.16. The third-order valence-corrected chi connectivity index (χ3v) is 4.73. The molecule has 1 aromatic heterocycles. The van der Waals surface area contributed by atoms with E-state index in [2.05, 4.69) is 20.9 Å². The summed E-state index contributed by atoms with van der Waals surface area (Å²) in [5.74, 6) is -0.0438. The molecule has 1 aromatic carbocycles. The van der Waals surface area contributed by atoms with Gasteiger partial charge in [0.15, 0.2) is 0 Å². The summed E-state index contributed by atoms with van der Waals surface area (Å²) in [6, 6.07) is 7.26. The van der Waals surface area contributed by atoms with Crippen LogP contribution in [0.4, 0.5) is 0 Å². The third-order valence-electron chi connectivity index (χ3n) is 3.98. The number of carbonyl (C=O) groups excluding carboxylic acids is 1. The number of likely N-dealkylation sites (tertiary alicyclic amines) is 1. The average Bonchev–Trinajstić information content (AvgIpc) is 2.55. The maximum atomic E-state index is 12.5. The maximum Gasteiger partial charge on any atom is 0.253 e. The van der Waals surface area contributed by atoms with Crippen LogP contribution < -0.4 is 0 Å². The molecule has 1 amide bonds. The summed E-state index contributed by atoms with van der Waals surface area (Å²) in [7, 11) is 0. The molecule has 0 aliphatic carbocycles. The van der Waals surface area contributed by atoms with E-state index in [-0.39, 0.29) is 12.0 Å². The van der Waals surface area contributed by atoms with Crippen LogP contribution >= 0.6 is 27.5 Å². The van der Waals surface area contributed by atoms with Crippen molar-refractivity contribution in [3.63, 3.8) is 0 Å². The number of rotatable bonds is 2. The minimum Gasteiger partial charge on any atom is -0.393 e. The van der Waals surface area contributed by atoms with Gasteiger partial charge in [-0.25, -0.2) is 0 Å². The number of aliphatic hydroxyl groups excluding tert-OH is 1. The second-order valence-electron chi connectivity index (χ2n) is 5.61. The van der Waals surface area contributed by atoms with E-state index in [0.29, 0.717) is 36.5 Å². The second kappa shape index (κ2) is 6.99. The Bertz CT molecular complexity index is 730. The van der Waals surface area contributed by atoms with E-state index in [0.717, 1.165) is 15.6 Å². The van der Waals surface area contributed by atoms with E-state index >= 15 is 0 Å². The number of benzene rings is 1. The standard InChI is InChI=1S/C17H16BrClN2O2/c18-13-7-12(9-20-10-13)15-2-1-11(8-16(15)19)17(23)21-5-3-14(22)4-6-21/h1-2,7-10,14,22H,3-6H2. The lowest BCUT2D eigenvalue weighted by atomic mass is 10.0. The molecule has 2 heterocycles. The minimum absolute atomic E-state index is 0.0438. The van der Waals surface area contributed by atoms with Gasteiger partial charge in [-0.15, -0.1) is 0 Å². The molecule has 0 atom stereocenters. The van der Waals surface area contributed by atoms with Gasteiger partial charge in [0, 0.05) is 51.7 Å². The average molecular weight is 396 g/mol. The van der Waals surface area contributed by atoms with E-state index in [4.69, 9.17) is 11.6 Å². The maximum absolute atomic E-state index is 12.5. The lowest BCUT2D eigenvalue weighted by molar-refractivity contribution is 0.0546. The van der Waals surface area contributed by atoms with Crippen molar-refractivity contribution in [2.24, 2.45) is 0 Å². The monoisotopic (exact) mass is 394 g/mol. The highest BCUT2D eigenvalue weighted by atomic mass is 79.9. The Labute approximate surface area is 148 Å². The van der Waals surface area contributed by atoms with E-state index < -0.39 is 0 Å². The number of aromatic nitrogens is 1. The number of hydrogen-bond acceptors (Lipinski definition) is 3. The zero-order chi connectivity index (χ0) is 16.4. The molecule has 1 N–H and O–H groups in total. The lowest BCUT2D eigenvalue weighted by Crippen LogP contribution is -2.40. The van der Waals surface area contributed by atoms with Crippen molar-refractivity contribution in [1.29, 1.82) is 0 Å². The van der Waals surface area contributed by atoms with Crippen LogP contribution in [0.5, 0.6) is 0 Å². The quantitative estimate of drug-likeness (QED) is 0.842. The first-order valence-electron chi connectivity index (χ1n) is 7.42. The van der Waals surface area contributed by atoms with Crippen molar-refractivity contribution >= 4 is 33.4 Å². The molecule has 2 aromatic rings. The lowest BCUT2D eigenvalue weighted by Gasteiger charge is -2.29. The van der Waals surface area contributed by atoms with Gasteiger partial charge in [0.2, 0.25) is 0 Å². The molecule has 1 saturated heterocycles. The molecule has 0 radical (unpaired) electrons. The number of pyridine rings is 1. The largest absolute Gasteiger partial charge is 0.393 e. The van der Waals surface area contributed by atoms with Gasteiger partial charge in [0.1, 0.15) is 0 Å². The van der Waals surface area contributed by atoms with Crippen molar-refractivity contribution < 1.29 is 9.90 Å². The molecule has 0 saturated carbocycles. The van der Waals surface area contributed by atoms with Crippen LogP contribution in [0, 0.1) is 0 Å². The van der Waals surface area contributed by atoms with Crippen LogP contribution in [-0.4, -0.2) is 40.1 Å². The fourth-order valence-corrected chi connectivity index (χ4v) is 3.35. The van der Waals surface area contributed by atoms with Crippen LogP contribution in [0.2, 0.25) is 5.02 Å². The summed E-state index contributed by atoms with van der Waals surface area (Å²) in [4.78, 5) is 18.4. The first-order chi connectivity index (χ1) is 11.0. The van der Waals surface area contributed by atoms with Crippen LogP contribution in [0.3, 0.4) is 0 Å². The van der Waals surface area contributed by atoms with Gasteiger partial charge in [0.25, 0.3) is 5.91 Å². The molecule has 0 unspecified atom stereocenters. The predicted octanol–water partition coefficient (Wildman–Crippen LogP) is 3.76. The van der Waals surface area contributed by atoms with Crippen LogP contribution in [0.15, 0.2) is 41.1 Å². The molecule has 120 valence electrons. The molecule has 0 spiro atoms. The molecule has 1 aliphatic rings. The summed E-state index contributed by atoms with van der Waals surface area (Å²) < 4.78 is 0.873. The summed E-state index contributed by atoms with van der Waals surface area (Å²) in [5, 5.41) is 10.1. The SMILES string of the molecule is O=C(c1ccc(-c2cncc(Br)c2)c(Cl)c1)N1CCC(O)CC1. The van der Waals surface area contributed by atoms with Crippen molar-refractivity contribution in [3.05, 3.63) is 51.7 Å². The second-order valence-corrected chi connectivity index (χ2v) is 6.93. The van der Waals surface area contributed by atoms with Gasteiger partial charge in [-0.05, 0) is 47.0 Å². The Morgan fingerprint density at radius 1 is 1.26 bits per heavy atom. The normalized spacial score (nSPS) is 15.7. The molecule has 0 bridgehead atoms. The van der Waals surface area contributed by atoms with Gasteiger partial charge >= 0.3 is 0 Å². The topological polar surface area (TPSA) is 53.4 Å². The first kappa shape index (κ1) is 16.4. The fourth-order valence-electron chi connectivity index (χ4n) is 2.69. The molecule has 6 heteroatoms. The van der Waals surface area contributed by atoms with Gasteiger partial charge in [0.05, 0.1) is 6.10 Å². The van der Waals surface area contributed by atoms with Crippen LogP contribution in [-0.2, 0) is 0 Å². The summed E-state index contributed by atoms with van der Waals surface area (Å²) >= 11 is 9.76. The van der Waals surface area contributed by atoms with Crippen LogP contribution in [0.1, 0.15) is 23.2 Å². The Kier molecular flexibility index (Phi) is 4.99. The molecule has 23 heavy (non-hydrogen) atoms. The van der Waals surface area contributed by atoms with Crippen molar-refractivity contribution in [1.82, 2.24) is 9.88 Å². The first-order valence-corrected chi connectivity index (χ1v) is 8.59. The number of amides is 1. The molecule has 1 aliphatic heterocycles. The van der Waals surface area contributed by atoms with Crippen LogP contribution in [0.25, 0.3) is 11.1 Å². The van der Waals surface area contributed by atoms with E-state index in [1.165, 1.54) is 0 Å². The highest BCUT2D eigenvalue weighted by molar-refractivity contribution is 9.10. The number of halogens is 2. The third kappa shape index (κ3) is 3.74. The van der Waals surface area contributed by atoms with E-state index in [1.807, 2.05) is 12.1 Å². The predicted molar refractivity (Wildman–Crippen MR) is 93.5 cm³/mol. The highest BCUT2D eigenvalue weighted by Crippen LogP contribution is 2.30. The fraction of sp³-hybridized carbons (Fsp3) is 0.294. The van der Waals surface area contributed by atoms with Crippen molar-refractivity contribution in [2.75, 3.05) is 13.1 Å². The Balaban J connectivity index is 1.83. The van der Waals surface area contributed by atoms with Gasteiger partial charge in [-0.1, -0.05) is 17.7 Å². The summed E-state index contributed by atoms with van der Waals surface area (Å²) in [5.41, 5.74) is 2.30. The van der Waals surface area contributed by atoms with Gasteiger partial charge in [-0.3, -0.25) is 9.78 Å². The Morgan fingerprint density at radius 2 is 2.00 bits per heavy atom. The number of nitrogens with zero attached hydrogens (tertiary/aromatic N) is 2. The molecular weight excluding hydrogens is 380 g/mol. The van der Waals surface area contributed by atoms with Crippen molar-refractivity contribution in [3.8, 4) is 11.1 Å².